The maximum absolute atomic E-state index is 11.3. The lowest BCUT2D eigenvalue weighted by molar-refractivity contribution is -0.144. The van der Waals surface area contributed by atoms with Crippen LogP contribution in [0, 0.1) is 11.8 Å². The van der Waals surface area contributed by atoms with E-state index in [0.717, 1.165) is 0 Å². The lowest BCUT2D eigenvalue weighted by Crippen LogP contribution is -2.34. The van der Waals surface area contributed by atoms with Crippen LogP contribution in [-0.4, -0.2) is 123 Å². The molecule has 4 aromatic rings. The minimum atomic E-state index is -1.20. The molecule has 1 aromatic carbocycles. The highest BCUT2D eigenvalue weighted by atomic mass is 16.5. The summed E-state index contributed by atoms with van der Waals surface area (Å²) in [5.74, 6) is 1.57. The van der Waals surface area contributed by atoms with Crippen LogP contribution in [-0.2, 0) is 37.1 Å². The van der Waals surface area contributed by atoms with Crippen molar-refractivity contribution in [3.63, 3.8) is 0 Å². The summed E-state index contributed by atoms with van der Waals surface area (Å²) in [5, 5.41) is 54.5. The van der Waals surface area contributed by atoms with Crippen LogP contribution in [0.3, 0.4) is 0 Å². The molecule has 3 aromatic heterocycles. The SMILES string of the molecule is O=C(O)CCCOc1ccc(C#Cc2cc(-n3ccc(CN(CC(=O)O)CC(=O)O)n3)nc(-n3ccc(CN(CC(=O)O)CC(=O)O)n3)c2)cc1. The summed E-state index contributed by atoms with van der Waals surface area (Å²) < 4.78 is 8.39. The van der Waals surface area contributed by atoms with Crippen molar-refractivity contribution in [2.24, 2.45) is 0 Å². The summed E-state index contributed by atoms with van der Waals surface area (Å²) in [6.07, 6.45) is 3.50. The Hall–Kier alpha value is -6.58. The zero-order valence-corrected chi connectivity index (χ0v) is 27.0. The van der Waals surface area contributed by atoms with Gasteiger partial charge in [0.2, 0.25) is 0 Å². The van der Waals surface area contributed by atoms with Crippen molar-refractivity contribution < 1.29 is 54.2 Å². The number of hydrogen-bond donors (Lipinski definition) is 5. The molecule has 3 heterocycles. The molecule has 4 rings (SSSR count). The maximum atomic E-state index is 11.3. The number of ether oxygens (including phenoxy) is 1. The first-order valence-corrected chi connectivity index (χ1v) is 15.2. The second kappa shape index (κ2) is 17.7. The van der Waals surface area contributed by atoms with Crippen LogP contribution in [0.2, 0.25) is 0 Å². The van der Waals surface area contributed by atoms with E-state index in [1.165, 1.54) is 19.2 Å². The Morgan fingerprint density at radius 1 is 0.627 bits per heavy atom. The Morgan fingerprint density at radius 2 is 1.08 bits per heavy atom. The number of hydrogen-bond acceptors (Lipinski definition) is 11. The van der Waals surface area contributed by atoms with Gasteiger partial charge in [0, 0.05) is 43.0 Å². The Bertz CT molecular complexity index is 1820. The third kappa shape index (κ3) is 12.4. The van der Waals surface area contributed by atoms with E-state index in [-0.39, 0.29) is 37.8 Å². The Morgan fingerprint density at radius 3 is 1.51 bits per heavy atom. The number of aromatic nitrogens is 5. The minimum absolute atomic E-state index is 0.000928. The first kappa shape index (κ1) is 37.2. The second-order valence-electron chi connectivity index (χ2n) is 11.1. The Labute approximate surface area is 289 Å². The fourth-order valence-corrected chi connectivity index (χ4v) is 4.71. The maximum Gasteiger partial charge on any atom is 0.317 e. The lowest BCUT2D eigenvalue weighted by Gasteiger charge is -2.16. The topological polar surface area (TPSA) is 251 Å². The van der Waals surface area contributed by atoms with Crippen LogP contribution < -0.4 is 4.74 Å². The smallest absolute Gasteiger partial charge is 0.317 e. The third-order valence-electron chi connectivity index (χ3n) is 6.77. The van der Waals surface area contributed by atoms with Crippen molar-refractivity contribution >= 4 is 29.8 Å². The van der Waals surface area contributed by atoms with Crippen molar-refractivity contribution in [2.45, 2.75) is 25.9 Å². The monoisotopic (exact) mass is 703 g/mol. The molecule has 5 N–H and O–H groups in total. The van der Waals surface area contributed by atoms with E-state index >= 15 is 0 Å². The molecule has 266 valence electrons. The first-order valence-electron chi connectivity index (χ1n) is 15.2. The molecule has 51 heavy (non-hydrogen) atoms. The predicted molar refractivity (Wildman–Crippen MR) is 174 cm³/mol. The quantitative estimate of drug-likeness (QED) is 0.0676. The van der Waals surface area contributed by atoms with Crippen molar-refractivity contribution in [1.29, 1.82) is 0 Å². The van der Waals surface area contributed by atoms with E-state index in [1.54, 1.807) is 60.9 Å². The van der Waals surface area contributed by atoms with E-state index in [2.05, 4.69) is 27.0 Å². The van der Waals surface area contributed by atoms with Crippen LogP contribution in [0.1, 0.15) is 35.4 Å². The van der Waals surface area contributed by atoms with Crippen LogP contribution in [0.25, 0.3) is 11.6 Å². The molecule has 0 saturated heterocycles. The molecule has 0 spiro atoms. The summed E-state index contributed by atoms with van der Waals surface area (Å²) in [6, 6.07) is 13.4. The highest BCUT2D eigenvalue weighted by Crippen LogP contribution is 2.16. The number of pyridine rings is 1. The summed E-state index contributed by atoms with van der Waals surface area (Å²) in [6.45, 7) is -1.93. The third-order valence-corrected chi connectivity index (χ3v) is 6.77. The number of carbonyl (C=O) groups is 5. The van der Waals surface area contributed by atoms with Crippen molar-refractivity contribution in [3.8, 4) is 29.2 Å². The number of nitrogens with zero attached hydrogens (tertiary/aromatic N) is 7. The normalized spacial score (nSPS) is 10.9. The van der Waals surface area contributed by atoms with Gasteiger partial charge in [-0.3, -0.25) is 33.8 Å². The molecule has 0 radical (unpaired) electrons. The van der Waals surface area contributed by atoms with E-state index < -0.39 is 56.0 Å². The summed E-state index contributed by atoms with van der Waals surface area (Å²) >= 11 is 0. The van der Waals surface area contributed by atoms with Gasteiger partial charge < -0.3 is 30.3 Å². The van der Waals surface area contributed by atoms with Crippen molar-refractivity contribution in [1.82, 2.24) is 34.3 Å². The highest BCUT2D eigenvalue weighted by Gasteiger charge is 2.18. The van der Waals surface area contributed by atoms with Crippen molar-refractivity contribution in [3.05, 3.63) is 83.4 Å². The molecule has 0 aliphatic rings. The van der Waals surface area contributed by atoms with Gasteiger partial charge in [-0.15, -0.1) is 0 Å². The average molecular weight is 704 g/mol. The van der Waals surface area contributed by atoms with Crippen LogP contribution in [0.5, 0.6) is 5.75 Å². The predicted octanol–water partition coefficient (Wildman–Crippen LogP) is 1.04. The summed E-state index contributed by atoms with van der Waals surface area (Å²) in [5.41, 5.74) is 1.88. The number of rotatable bonds is 19. The average Bonchev–Trinajstić information content (AvgIpc) is 3.71. The standard InChI is InChI=1S/C33H33N7O11/c41-29(42)2-1-13-51-26-7-5-22(6-8-26)3-4-23-14-27(39-11-9-24(35-39)16-37(18-30(43)44)19-31(45)46)34-28(15-23)40-12-10-25(36-40)17-38(20-32(47)48)21-33(49)50/h5-12,14-15H,1-2,13,16-21H2,(H,41,42)(H,43,44)(H,45,46)(H,47,48)(H,49,50). The number of benzene rings is 1. The largest absolute Gasteiger partial charge is 0.494 e. The highest BCUT2D eigenvalue weighted by molar-refractivity contribution is 5.73. The molecule has 0 aliphatic carbocycles. The van der Waals surface area contributed by atoms with E-state index in [1.807, 2.05) is 0 Å². The van der Waals surface area contributed by atoms with E-state index in [4.69, 9.17) is 9.84 Å². The van der Waals surface area contributed by atoms with Crippen LogP contribution in [0.15, 0.2) is 60.9 Å². The van der Waals surface area contributed by atoms with Gasteiger partial charge in [-0.2, -0.15) is 10.2 Å². The zero-order valence-electron chi connectivity index (χ0n) is 27.0. The number of carboxylic acids is 5. The van der Waals surface area contributed by atoms with E-state index in [9.17, 15) is 44.4 Å². The van der Waals surface area contributed by atoms with Gasteiger partial charge in [-0.05, 0) is 55.0 Å². The van der Waals surface area contributed by atoms with Crippen LogP contribution >= 0.6 is 0 Å². The number of aliphatic carboxylic acids is 5. The zero-order chi connectivity index (χ0) is 36.9. The summed E-state index contributed by atoms with van der Waals surface area (Å²) in [7, 11) is 0. The fourth-order valence-electron chi connectivity index (χ4n) is 4.71. The Kier molecular flexibility index (Phi) is 12.9. The molecule has 18 nitrogen and oxygen atoms in total. The number of carboxylic acid groups (broad SMARTS) is 5. The second-order valence-corrected chi connectivity index (χ2v) is 11.1. The van der Waals surface area contributed by atoms with Gasteiger partial charge in [0.25, 0.3) is 0 Å². The van der Waals surface area contributed by atoms with E-state index in [0.29, 0.717) is 34.7 Å². The molecular formula is C33H33N7O11. The lowest BCUT2D eigenvalue weighted by atomic mass is 10.2. The Balaban J connectivity index is 1.63. The molecule has 0 atom stereocenters. The first-order chi connectivity index (χ1) is 24.3. The molecule has 18 heteroatoms. The van der Waals surface area contributed by atoms with Crippen molar-refractivity contribution in [2.75, 3.05) is 32.8 Å². The summed E-state index contributed by atoms with van der Waals surface area (Å²) in [4.78, 5) is 62.8. The van der Waals surface area contributed by atoms with Gasteiger partial charge in [-0.1, -0.05) is 11.8 Å². The van der Waals surface area contributed by atoms with Gasteiger partial charge in [0.15, 0.2) is 11.6 Å². The van der Waals surface area contributed by atoms with Gasteiger partial charge >= 0.3 is 29.8 Å². The minimum Gasteiger partial charge on any atom is -0.494 e. The molecule has 0 bridgehead atoms. The van der Waals surface area contributed by atoms with Crippen LogP contribution in [0.4, 0.5) is 0 Å². The van der Waals surface area contributed by atoms with Gasteiger partial charge in [-0.25, -0.2) is 14.3 Å². The molecule has 0 saturated carbocycles. The van der Waals surface area contributed by atoms with Gasteiger partial charge in [0.05, 0.1) is 44.2 Å². The molecule has 0 fully saturated rings. The molecule has 0 aliphatic heterocycles. The fraction of sp³-hybridized carbons (Fsp3) is 0.273. The molecule has 0 unspecified atom stereocenters. The molecule has 0 amide bonds. The van der Waals surface area contributed by atoms with Gasteiger partial charge in [0.1, 0.15) is 5.75 Å². The molecular weight excluding hydrogens is 670 g/mol.